The van der Waals surface area contributed by atoms with Crippen LogP contribution in [0.1, 0.15) is 63.0 Å². The maximum absolute atomic E-state index is 12.9. The maximum atomic E-state index is 12.9. The lowest BCUT2D eigenvalue weighted by atomic mass is 9.66. The molecule has 4 rings (SSSR count). The van der Waals surface area contributed by atoms with E-state index in [9.17, 15) is 19.5 Å². The van der Waals surface area contributed by atoms with Gasteiger partial charge in [0.2, 0.25) is 5.91 Å². The minimum Gasteiger partial charge on any atom is -0.481 e. The molecule has 0 unspecified atom stereocenters. The first-order chi connectivity index (χ1) is 16.8. The molecule has 0 spiro atoms. The Hall–Kier alpha value is -3.35. The summed E-state index contributed by atoms with van der Waals surface area (Å²) in [6.07, 6.45) is 2.42. The third-order valence-corrected chi connectivity index (χ3v) is 7.24. The lowest BCUT2D eigenvalue weighted by Gasteiger charge is -2.41. The summed E-state index contributed by atoms with van der Waals surface area (Å²) in [5.74, 6) is -1.03. The van der Waals surface area contributed by atoms with Gasteiger partial charge in [-0.25, -0.2) is 4.79 Å². The first-order valence-corrected chi connectivity index (χ1v) is 12.4. The van der Waals surface area contributed by atoms with Gasteiger partial charge in [0.1, 0.15) is 12.6 Å². The van der Waals surface area contributed by atoms with Crippen LogP contribution in [0.4, 0.5) is 4.79 Å². The molecule has 2 aliphatic rings. The van der Waals surface area contributed by atoms with Crippen LogP contribution in [0.25, 0.3) is 11.1 Å². The maximum Gasteiger partial charge on any atom is 0.407 e. The summed E-state index contributed by atoms with van der Waals surface area (Å²) in [6.45, 7) is 4.45. The molecule has 2 aromatic rings. The minimum atomic E-state index is -0.852. The largest absolute Gasteiger partial charge is 0.481 e. The summed E-state index contributed by atoms with van der Waals surface area (Å²) in [6, 6.07) is 15.5. The normalized spacial score (nSPS) is 16.5. The second-order valence-corrected chi connectivity index (χ2v) is 10.3. The molecule has 2 amide bonds. The predicted octanol–water partition coefficient (Wildman–Crippen LogP) is 4.70. The van der Waals surface area contributed by atoms with Crippen molar-refractivity contribution in [2.75, 3.05) is 13.2 Å². The monoisotopic (exact) mass is 478 g/mol. The number of aliphatic carboxylic acids is 1. The van der Waals surface area contributed by atoms with Crippen molar-refractivity contribution in [3.8, 4) is 11.1 Å². The van der Waals surface area contributed by atoms with Crippen LogP contribution in [0.5, 0.6) is 0 Å². The summed E-state index contributed by atoms with van der Waals surface area (Å²) in [5, 5.41) is 14.8. The van der Waals surface area contributed by atoms with Crippen molar-refractivity contribution in [2.45, 2.75) is 57.9 Å². The number of carboxylic acid groups (broad SMARTS) is 1. The van der Waals surface area contributed by atoms with E-state index in [0.717, 1.165) is 41.5 Å². The highest BCUT2D eigenvalue weighted by Crippen LogP contribution is 2.45. The predicted molar refractivity (Wildman–Crippen MR) is 133 cm³/mol. The van der Waals surface area contributed by atoms with Crippen molar-refractivity contribution in [3.63, 3.8) is 0 Å². The van der Waals surface area contributed by atoms with E-state index >= 15 is 0 Å². The summed E-state index contributed by atoms with van der Waals surface area (Å²) in [7, 11) is 0. The number of alkyl carbamates (subject to hydrolysis) is 1. The van der Waals surface area contributed by atoms with Crippen LogP contribution >= 0.6 is 0 Å². The molecule has 0 radical (unpaired) electrons. The van der Waals surface area contributed by atoms with Crippen molar-refractivity contribution >= 4 is 18.0 Å². The van der Waals surface area contributed by atoms with Gasteiger partial charge in [0.05, 0.1) is 6.42 Å². The quantitative estimate of drug-likeness (QED) is 0.459. The zero-order chi connectivity index (χ0) is 25.0. The van der Waals surface area contributed by atoms with Crippen molar-refractivity contribution in [1.82, 2.24) is 10.6 Å². The first-order valence-electron chi connectivity index (χ1n) is 12.4. The summed E-state index contributed by atoms with van der Waals surface area (Å²) < 4.78 is 5.62. The Morgan fingerprint density at radius 1 is 1.03 bits per heavy atom. The van der Waals surface area contributed by atoms with E-state index in [1.807, 2.05) is 38.1 Å². The Morgan fingerprint density at radius 3 is 2.14 bits per heavy atom. The molecule has 0 bridgehead atoms. The number of benzene rings is 2. The zero-order valence-corrected chi connectivity index (χ0v) is 20.4. The molecular formula is C28H34N2O5. The minimum absolute atomic E-state index is 0.0436. The molecule has 186 valence electrons. The molecule has 0 aliphatic heterocycles. The number of carbonyl (C=O) groups excluding carboxylic acids is 2. The van der Waals surface area contributed by atoms with Crippen LogP contribution in [0, 0.1) is 11.3 Å². The van der Waals surface area contributed by atoms with E-state index in [1.54, 1.807) is 0 Å². The molecule has 3 N–H and O–H groups in total. The molecule has 1 saturated carbocycles. The average molecular weight is 479 g/mol. The molecule has 7 nitrogen and oxygen atoms in total. The Bertz CT molecular complexity index is 1050. The highest BCUT2D eigenvalue weighted by molar-refractivity contribution is 5.86. The van der Waals surface area contributed by atoms with Crippen LogP contribution in [0.2, 0.25) is 0 Å². The van der Waals surface area contributed by atoms with Crippen LogP contribution < -0.4 is 10.6 Å². The van der Waals surface area contributed by atoms with Gasteiger partial charge in [-0.2, -0.15) is 0 Å². The number of hydrogen-bond donors (Lipinski definition) is 3. The molecule has 35 heavy (non-hydrogen) atoms. The number of carboxylic acids is 1. The highest BCUT2D eigenvalue weighted by Gasteiger charge is 2.40. The van der Waals surface area contributed by atoms with Gasteiger partial charge in [-0.05, 0) is 52.8 Å². The molecule has 1 fully saturated rings. The van der Waals surface area contributed by atoms with Crippen molar-refractivity contribution < 1.29 is 24.2 Å². The lowest BCUT2D eigenvalue weighted by molar-refractivity contribution is -0.142. The summed E-state index contributed by atoms with van der Waals surface area (Å²) in [5.41, 5.74) is 4.18. The Labute approximate surface area is 206 Å². The number of fused-ring (bicyclic) bond motifs is 3. The van der Waals surface area contributed by atoms with Gasteiger partial charge < -0.3 is 20.5 Å². The van der Waals surface area contributed by atoms with E-state index in [-0.39, 0.29) is 36.2 Å². The number of rotatable bonds is 10. The fourth-order valence-electron chi connectivity index (χ4n) is 5.30. The third-order valence-electron chi connectivity index (χ3n) is 7.24. The lowest BCUT2D eigenvalue weighted by Crippen LogP contribution is -2.51. The Balaban J connectivity index is 1.37. The molecule has 0 aromatic heterocycles. The molecule has 2 aliphatic carbocycles. The number of hydrogen-bond acceptors (Lipinski definition) is 4. The molecule has 0 saturated heterocycles. The second kappa shape index (κ2) is 10.5. The Morgan fingerprint density at radius 2 is 1.63 bits per heavy atom. The standard InChI is InChI=1S/C28H34N2O5/c1-18(2)14-24(26(33)29-17-28(12-7-13-28)15-25(31)32)30-27(34)35-16-23-21-10-5-3-8-19(21)20-9-4-6-11-22(20)23/h3-6,8-11,18,23-24H,7,12-17H2,1-2H3,(H,29,33)(H,30,34)(H,31,32)/t24-/m0/s1. The van der Waals surface area contributed by atoms with Crippen LogP contribution in [-0.2, 0) is 14.3 Å². The van der Waals surface area contributed by atoms with Gasteiger partial charge in [0.15, 0.2) is 0 Å². The molecule has 7 heteroatoms. The summed E-state index contributed by atoms with van der Waals surface area (Å²) >= 11 is 0. The smallest absolute Gasteiger partial charge is 0.407 e. The Kier molecular flexibility index (Phi) is 7.43. The van der Waals surface area contributed by atoms with E-state index < -0.39 is 18.1 Å². The van der Waals surface area contributed by atoms with Crippen LogP contribution in [0.15, 0.2) is 48.5 Å². The number of ether oxygens (including phenoxy) is 1. The number of carbonyl (C=O) groups is 3. The van der Waals surface area contributed by atoms with E-state index in [2.05, 4.69) is 34.9 Å². The molecular weight excluding hydrogens is 444 g/mol. The van der Waals surface area contributed by atoms with E-state index in [1.165, 1.54) is 0 Å². The molecule has 0 heterocycles. The van der Waals surface area contributed by atoms with Gasteiger partial charge in [0, 0.05) is 12.5 Å². The average Bonchev–Trinajstić information content (AvgIpc) is 3.12. The van der Waals surface area contributed by atoms with Gasteiger partial charge in [0.25, 0.3) is 0 Å². The molecule has 1 atom stereocenters. The van der Waals surface area contributed by atoms with Crippen LogP contribution in [0.3, 0.4) is 0 Å². The fourth-order valence-corrected chi connectivity index (χ4v) is 5.30. The van der Waals surface area contributed by atoms with Crippen LogP contribution in [-0.4, -0.2) is 42.3 Å². The third kappa shape index (κ3) is 5.66. The summed E-state index contributed by atoms with van der Waals surface area (Å²) in [4.78, 5) is 36.9. The SMILES string of the molecule is CC(C)C[C@H](NC(=O)OCC1c2ccccc2-c2ccccc21)C(=O)NCC1(CC(=O)O)CCC1. The van der Waals surface area contributed by atoms with Crippen molar-refractivity contribution in [3.05, 3.63) is 59.7 Å². The highest BCUT2D eigenvalue weighted by atomic mass is 16.5. The first kappa shape index (κ1) is 24.8. The van der Waals surface area contributed by atoms with E-state index in [0.29, 0.717) is 13.0 Å². The number of nitrogens with one attached hydrogen (secondary N) is 2. The zero-order valence-electron chi connectivity index (χ0n) is 20.4. The second-order valence-electron chi connectivity index (χ2n) is 10.3. The van der Waals surface area contributed by atoms with E-state index in [4.69, 9.17) is 4.74 Å². The van der Waals surface area contributed by atoms with Gasteiger partial charge in [-0.3, -0.25) is 9.59 Å². The van der Waals surface area contributed by atoms with Crippen molar-refractivity contribution in [2.24, 2.45) is 11.3 Å². The fraction of sp³-hybridized carbons (Fsp3) is 0.464. The van der Waals surface area contributed by atoms with Gasteiger partial charge >= 0.3 is 12.1 Å². The van der Waals surface area contributed by atoms with Crippen molar-refractivity contribution in [1.29, 1.82) is 0 Å². The molecule has 2 aromatic carbocycles. The van der Waals surface area contributed by atoms with Gasteiger partial charge in [-0.15, -0.1) is 0 Å². The number of amides is 2. The van der Waals surface area contributed by atoms with Gasteiger partial charge in [-0.1, -0.05) is 68.8 Å². The topological polar surface area (TPSA) is 105 Å².